The van der Waals surface area contributed by atoms with Crippen molar-refractivity contribution in [2.45, 2.75) is 12.8 Å². The van der Waals surface area contributed by atoms with Crippen molar-refractivity contribution in [1.82, 2.24) is 5.32 Å². The molecule has 1 aliphatic rings. The van der Waals surface area contributed by atoms with Crippen LogP contribution in [0, 0.1) is 11.3 Å². The molecule has 1 aliphatic heterocycles. The van der Waals surface area contributed by atoms with Crippen molar-refractivity contribution in [3.8, 4) is 6.07 Å². The predicted octanol–water partition coefficient (Wildman–Crippen LogP) is 0.434. The Balaban J connectivity index is 2.90. The quantitative estimate of drug-likeness (QED) is 0.338. The van der Waals surface area contributed by atoms with E-state index >= 15 is 0 Å². The van der Waals surface area contributed by atoms with Crippen LogP contribution in [0.4, 0.5) is 0 Å². The average molecular weight is 167 g/mol. The number of rotatable bonds is 1. The third kappa shape index (κ3) is 1.69. The smallest absolute Gasteiger partial charge is 0.116 e. The molecule has 0 aromatic carbocycles. The van der Waals surface area contributed by atoms with E-state index in [-0.39, 0.29) is 4.99 Å². The number of nitriles is 1. The van der Waals surface area contributed by atoms with Gasteiger partial charge in [-0.2, -0.15) is 5.26 Å². The van der Waals surface area contributed by atoms with Gasteiger partial charge in [0.1, 0.15) is 16.6 Å². The van der Waals surface area contributed by atoms with Crippen LogP contribution >= 0.6 is 12.2 Å². The lowest BCUT2D eigenvalue weighted by Crippen LogP contribution is -2.16. The fourth-order valence-corrected chi connectivity index (χ4v) is 1.25. The van der Waals surface area contributed by atoms with E-state index in [0.717, 1.165) is 25.1 Å². The van der Waals surface area contributed by atoms with Gasteiger partial charge in [-0.3, -0.25) is 0 Å². The summed E-state index contributed by atoms with van der Waals surface area (Å²) in [6.07, 6.45) is 1.95. The Kier molecular flexibility index (Phi) is 2.44. The molecule has 4 heteroatoms. The van der Waals surface area contributed by atoms with Crippen molar-refractivity contribution in [2.75, 3.05) is 6.54 Å². The molecule has 0 aromatic rings. The molecular weight excluding hydrogens is 158 g/mol. The SMILES string of the molecule is N#C/C(C(N)=S)=C1/CCCN1. The van der Waals surface area contributed by atoms with Gasteiger partial charge in [-0.15, -0.1) is 0 Å². The Bertz CT molecular complexity index is 241. The van der Waals surface area contributed by atoms with Crippen molar-refractivity contribution < 1.29 is 0 Å². The van der Waals surface area contributed by atoms with Gasteiger partial charge in [0, 0.05) is 12.2 Å². The van der Waals surface area contributed by atoms with E-state index < -0.39 is 0 Å². The summed E-state index contributed by atoms with van der Waals surface area (Å²) in [5.41, 5.74) is 6.68. The fourth-order valence-electron chi connectivity index (χ4n) is 1.08. The summed E-state index contributed by atoms with van der Waals surface area (Å²) < 4.78 is 0. The maximum atomic E-state index is 8.64. The number of hydrogen-bond donors (Lipinski definition) is 2. The number of nitrogens with zero attached hydrogens (tertiary/aromatic N) is 1. The van der Waals surface area contributed by atoms with Gasteiger partial charge in [0.05, 0.1) is 0 Å². The largest absolute Gasteiger partial charge is 0.389 e. The van der Waals surface area contributed by atoms with Crippen molar-refractivity contribution in [3.05, 3.63) is 11.3 Å². The van der Waals surface area contributed by atoms with Crippen LogP contribution in [0.15, 0.2) is 11.3 Å². The summed E-state index contributed by atoms with van der Waals surface area (Å²) in [7, 11) is 0. The molecule has 0 atom stereocenters. The van der Waals surface area contributed by atoms with Crippen LogP contribution in [0.3, 0.4) is 0 Å². The first kappa shape index (κ1) is 8.02. The molecule has 0 bridgehead atoms. The zero-order valence-corrected chi connectivity index (χ0v) is 6.87. The minimum Gasteiger partial charge on any atom is -0.389 e. The monoisotopic (exact) mass is 167 g/mol. The second-order valence-corrected chi connectivity index (χ2v) is 2.80. The summed E-state index contributed by atoms with van der Waals surface area (Å²) in [5, 5.41) is 11.7. The Hall–Kier alpha value is -1.08. The Morgan fingerprint density at radius 1 is 1.73 bits per heavy atom. The normalized spacial score (nSPS) is 20.3. The number of nitrogens with two attached hydrogens (primary N) is 1. The van der Waals surface area contributed by atoms with Crippen LogP contribution in [0.5, 0.6) is 0 Å². The summed E-state index contributed by atoms with van der Waals surface area (Å²) >= 11 is 4.71. The molecule has 58 valence electrons. The highest BCUT2D eigenvalue weighted by Gasteiger charge is 2.12. The van der Waals surface area contributed by atoms with E-state index in [0.29, 0.717) is 5.57 Å². The molecule has 11 heavy (non-hydrogen) atoms. The van der Waals surface area contributed by atoms with Crippen LogP contribution in [0.2, 0.25) is 0 Å². The van der Waals surface area contributed by atoms with Gasteiger partial charge in [-0.1, -0.05) is 12.2 Å². The van der Waals surface area contributed by atoms with Gasteiger partial charge in [-0.25, -0.2) is 0 Å². The Labute approximate surface area is 70.9 Å². The van der Waals surface area contributed by atoms with Crippen LogP contribution < -0.4 is 11.1 Å². The second kappa shape index (κ2) is 3.35. The third-order valence-electron chi connectivity index (χ3n) is 1.60. The second-order valence-electron chi connectivity index (χ2n) is 2.36. The molecule has 3 nitrogen and oxygen atoms in total. The topological polar surface area (TPSA) is 61.8 Å². The van der Waals surface area contributed by atoms with E-state index in [2.05, 4.69) is 5.32 Å². The zero-order chi connectivity index (χ0) is 8.27. The van der Waals surface area contributed by atoms with Crippen molar-refractivity contribution in [2.24, 2.45) is 5.73 Å². The Morgan fingerprint density at radius 3 is 2.82 bits per heavy atom. The molecule has 1 rings (SSSR count). The number of nitrogens with one attached hydrogen (secondary N) is 1. The highest BCUT2D eigenvalue weighted by atomic mass is 32.1. The van der Waals surface area contributed by atoms with Crippen LogP contribution in [-0.4, -0.2) is 11.5 Å². The van der Waals surface area contributed by atoms with Crippen molar-refractivity contribution in [3.63, 3.8) is 0 Å². The lowest BCUT2D eigenvalue weighted by Gasteiger charge is -2.00. The van der Waals surface area contributed by atoms with Crippen molar-refractivity contribution in [1.29, 1.82) is 5.26 Å². The van der Waals surface area contributed by atoms with Gasteiger partial charge < -0.3 is 11.1 Å². The van der Waals surface area contributed by atoms with E-state index in [1.54, 1.807) is 0 Å². The van der Waals surface area contributed by atoms with E-state index in [9.17, 15) is 0 Å². The first-order valence-corrected chi connectivity index (χ1v) is 3.83. The summed E-state index contributed by atoms with van der Waals surface area (Å²) in [5.74, 6) is 0. The van der Waals surface area contributed by atoms with E-state index in [1.165, 1.54) is 0 Å². The highest BCUT2D eigenvalue weighted by Crippen LogP contribution is 2.13. The zero-order valence-electron chi connectivity index (χ0n) is 6.05. The van der Waals surface area contributed by atoms with E-state index in [4.69, 9.17) is 23.2 Å². The average Bonchev–Trinajstić information content (AvgIpc) is 2.40. The molecule has 1 saturated heterocycles. The first-order valence-electron chi connectivity index (χ1n) is 3.42. The molecule has 0 amide bonds. The maximum absolute atomic E-state index is 8.64. The predicted molar refractivity (Wildman–Crippen MR) is 46.7 cm³/mol. The molecule has 0 spiro atoms. The van der Waals surface area contributed by atoms with Crippen LogP contribution in [0.25, 0.3) is 0 Å². The van der Waals surface area contributed by atoms with Crippen LogP contribution in [-0.2, 0) is 0 Å². The molecule has 0 radical (unpaired) electrons. The molecule has 0 saturated carbocycles. The molecule has 1 heterocycles. The first-order chi connectivity index (χ1) is 5.25. The maximum Gasteiger partial charge on any atom is 0.116 e. The number of thiocarbonyl (C=S) groups is 1. The summed E-state index contributed by atoms with van der Waals surface area (Å²) in [6.45, 7) is 0.920. The standard InChI is InChI=1S/C7H9N3S/c8-4-5(7(9)11)6-2-1-3-10-6/h10H,1-3H2,(H2,9,11)/b6-5+. The van der Waals surface area contributed by atoms with Gasteiger partial charge in [0.15, 0.2) is 0 Å². The van der Waals surface area contributed by atoms with Crippen molar-refractivity contribution >= 4 is 17.2 Å². The number of hydrogen-bond acceptors (Lipinski definition) is 3. The number of allylic oxidation sites excluding steroid dienone is 1. The van der Waals surface area contributed by atoms with E-state index in [1.807, 2.05) is 6.07 Å². The fraction of sp³-hybridized carbons (Fsp3) is 0.429. The summed E-state index contributed by atoms with van der Waals surface area (Å²) in [6, 6.07) is 1.99. The summed E-state index contributed by atoms with van der Waals surface area (Å²) in [4.78, 5) is 0.192. The van der Waals surface area contributed by atoms with Gasteiger partial charge in [0.2, 0.25) is 0 Å². The molecule has 0 unspecified atom stereocenters. The third-order valence-corrected chi connectivity index (χ3v) is 1.81. The van der Waals surface area contributed by atoms with Gasteiger partial charge in [-0.05, 0) is 12.8 Å². The lowest BCUT2D eigenvalue weighted by atomic mass is 10.2. The molecular formula is C7H9N3S. The molecule has 1 fully saturated rings. The molecule has 0 aliphatic carbocycles. The lowest BCUT2D eigenvalue weighted by molar-refractivity contribution is 0.903. The highest BCUT2D eigenvalue weighted by molar-refractivity contribution is 7.80. The van der Waals surface area contributed by atoms with Gasteiger partial charge >= 0.3 is 0 Å². The minimum atomic E-state index is 0.192. The minimum absolute atomic E-state index is 0.192. The van der Waals surface area contributed by atoms with Gasteiger partial charge in [0.25, 0.3) is 0 Å². The molecule has 0 aromatic heterocycles. The Morgan fingerprint density at radius 2 is 2.45 bits per heavy atom. The van der Waals surface area contributed by atoms with Crippen LogP contribution in [0.1, 0.15) is 12.8 Å². The molecule has 3 N–H and O–H groups in total.